The van der Waals surface area contributed by atoms with E-state index in [1.807, 2.05) is 0 Å². The van der Waals surface area contributed by atoms with E-state index in [4.69, 9.17) is 5.73 Å². The van der Waals surface area contributed by atoms with E-state index in [2.05, 4.69) is 9.72 Å². The van der Waals surface area contributed by atoms with Crippen LogP contribution in [-0.4, -0.2) is 17.6 Å². The van der Waals surface area contributed by atoms with Crippen LogP contribution >= 0.6 is 0 Å². The number of alkyl halides is 2. The second kappa shape index (κ2) is 5.62. The molecule has 0 bridgehead atoms. The Morgan fingerprint density at radius 1 is 1.59 bits per heavy atom. The fourth-order valence-electron chi connectivity index (χ4n) is 1.34. The molecule has 1 heterocycles. The maximum absolute atomic E-state index is 13.0. The number of carbonyl (C=O) groups excluding carboxylic acids is 1. The number of pyridine rings is 1. The summed E-state index contributed by atoms with van der Waals surface area (Å²) in [6.45, 7) is 1.29. The lowest BCUT2D eigenvalue weighted by Gasteiger charge is -2.11. The molecule has 0 aromatic carbocycles. The Hall–Kier alpha value is -1.63. The largest absolute Gasteiger partial charge is 0.462 e. The highest BCUT2D eigenvalue weighted by Gasteiger charge is 2.25. The molecular weight excluding hydrogens is 237 g/mol. The van der Waals surface area contributed by atoms with Crippen LogP contribution in [0.1, 0.15) is 35.0 Å². The minimum Gasteiger partial charge on any atom is -0.462 e. The summed E-state index contributed by atoms with van der Waals surface area (Å²) in [5.41, 5.74) is 3.83. The minimum atomic E-state index is -3.07. The van der Waals surface area contributed by atoms with Crippen LogP contribution in [0.3, 0.4) is 0 Å². The Labute approximate surface area is 95.6 Å². The predicted molar refractivity (Wildman–Crippen MR) is 53.0 cm³/mol. The van der Waals surface area contributed by atoms with Crippen LogP contribution in [0.5, 0.6) is 0 Å². The number of aromatic nitrogens is 1. The molecule has 0 fully saturated rings. The maximum atomic E-state index is 13.0. The van der Waals surface area contributed by atoms with Crippen molar-refractivity contribution in [3.05, 3.63) is 28.8 Å². The van der Waals surface area contributed by atoms with Crippen LogP contribution in [0, 0.1) is 5.95 Å². The van der Waals surface area contributed by atoms with Gasteiger partial charge in [-0.3, -0.25) is 0 Å². The molecule has 0 aliphatic rings. The number of nitrogens with two attached hydrogens (primary N) is 1. The van der Waals surface area contributed by atoms with E-state index in [9.17, 15) is 18.0 Å². The van der Waals surface area contributed by atoms with E-state index in [1.165, 1.54) is 6.92 Å². The van der Waals surface area contributed by atoms with Crippen molar-refractivity contribution < 1.29 is 22.7 Å². The molecule has 2 N–H and O–H groups in total. The molecule has 0 aliphatic carbocycles. The monoisotopic (exact) mass is 248 g/mol. The molecule has 0 amide bonds. The Kier molecular flexibility index (Phi) is 4.45. The molecule has 0 radical (unpaired) electrons. The number of ether oxygens (including phenoxy) is 1. The molecule has 0 saturated heterocycles. The molecule has 0 atom stereocenters. The second-order valence-electron chi connectivity index (χ2n) is 3.09. The van der Waals surface area contributed by atoms with Crippen LogP contribution in [0.15, 0.2) is 6.07 Å². The van der Waals surface area contributed by atoms with Crippen molar-refractivity contribution in [3.63, 3.8) is 0 Å². The van der Waals surface area contributed by atoms with Gasteiger partial charge in [0, 0.05) is 6.54 Å². The molecule has 1 aromatic rings. The van der Waals surface area contributed by atoms with Gasteiger partial charge in [0.05, 0.1) is 12.2 Å². The Bertz CT molecular complexity index is 424. The standard InChI is InChI=1S/C10H11F3N2O2/c1-2-17-10(16)7-5(4-14)3-6(11)15-8(7)9(12)13/h3,9H,2,4,14H2,1H3. The first-order valence-corrected chi connectivity index (χ1v) is 4.85. The zero-order valence-electron chi connectivity index (χ0n) is 9.04. The lowest BCUT2D eigenvalue weighted by Crippen LogP contribution is -2.16. The summed E-state index contributed by atoms with van der Waals surface area (Å²) in [7, 11) is 0. The van der Waals surface area contributed by atoms with E-state index < -0.39 is 29.6 Å². The van der Waals surface area contributed by atoms with Crippen LogP contribution in [0.2, 0.25) is 0 Å². The number of halogens is 3. The van der Waals surface area contributed by atoms with Gasteiger partial charge in [0.25, 0.3) is 6.43 Å². The molecule has 0 spiro atoms. The quantitative estimate of drug-likeness (QED) is 0.651. The maximum Gasteiger partial charge on any atom is 0.340 e. The van der Waals surface area contributed by atoms with Crippen molar-refractivity contribution in [1.29, 1.82) is 0 Å². The van der Waals surface area contributed by atoms with Gasteiger partial charge in [0.2, 0.25) is 5.95 Å². The van der Waals surface area contributed by atoms with Gasteiger partial charge in [-0.25, -0.2) is 18.6 Å². The molecule has 0 saturated carbocycles. The number of rotatable bonds is 4. The second-order valence-corrected chi connectivity index (χ2v) is 3.09. The third-order valence-electron chi connectivity index (χ3n) is 2.00. The molecule has 1 rings (SSSR count). The van der Waals surface area contributed by atoms with Crippen LogP contribution < -0.4 is 5.73 Å². The molecule has 0 aliphatic heterocycles. The van der Waals surface area contributed by atoms with E-state index in [-0.39, 0.29) is 18.7 Å². The van der Waals surface area contributed by atoms with Gasteiger partial charge in [0.15, 0.2) is 0 Å². The van der Waals surface area contributed by atoms with Crippen LogP contribution in [-0.2, 0) is 11.3 Å². The van der Waals surface area contributed by atoms with E-state index in [1.54, 1.807) is 0 Å². The summed E-state index contributed by atoms with van der Waals surface area (Å²) in [5.74, 6) is -2.08. The third kappa shape index (κ3) is 2.94. The van der Waals surface area contributed by atoms with Crippen molar-refractivity contribution in [2.45, 2.75) is 19.9 Å². The van der Waals surface area contributed by atoms with Gasteiger partial charge >= 0.3 is 5.97 Å². The average molecular weight is 248 g/mol. The molecule has 0 unspecified atom stereocenters. The smallest absolute Gasteiger partial charge is 0.340 e. The highest BCUT2D eigenvalue weighted by atomic mass is 19.3. The molecule has 1 aromatic heterocycles. The summed E-state index contributed by atoms with van der Waals surface area (Å²) in [6, 6.07) is 0.845. The van der Waals surface area contributed by atoms with Crippen LogP contribution in [0.25, 0.3) is 0 Å². The number of nitrogens with zero attached hydrogens (tertiary/aromatic N) is 1. The van der Waals surface area contributed by atoms with Crippen molar-refractivity contribution in [1.82, 2.24) is 4.98 Å². The minimum absolute atomic E-state index is 0.0168. The van der Waals surface area contributed by atoms with E-state index >= 15 is 0 Å². The molecule has 94 valence electrons. The highest BCUT2D eigenvalue weighted by molar-refractivity contribution is 5.92. The number of esters is 1. The zero-order chi connectivity index (χ0) is 13.0. The number of carbonyl (C=O) groups is 1. The van der Waals surface area contributed by atoms with Crippen molar-refractivity contribution in [3.8, 4) is 0 Å². The molecule has 7 heteroatoms. The zero-order valence-corrected chi connectivity index (χ0v) is 9.04. The first-order valence-electron chi connectivity index (χ1n) is 4.85. The van der Waals surface area contributed by atoms with Gasteiger partial charge in [-0.15, -0.1) is 0 Å². The summed E-state index contributed by atoms with van der Waals surface area (Å²) in [4.78, 5) is 14.5. The topological polar surface area (TPSA) is 65.2 Å². The fraction of sp³-hybridized carbons (Fsp3) is 0.400. The summed E-state index contributed by atoms with van der Waals surface area (Å²) in [5, 5.41) is 0. The van der Waals surface area contributed by atoms with Gasteiger partial charge < -0.3 is 10.5 Å². The van der Waals surface area contributed by atoms with E-state index in [0.29, 0.717) is 0 Å². The summed E-state index contributed by atoms with van der Waals surface area (Å²) in [6.07, 6.45) is -3.07. The van der Waals surface area contributed by atoms with E-state index in [0.717, 1.165) is 6.07 Å². The lowest BCUT2D eigenvalue weighted by atomic mass is 10.1. The number of hydrogen-bond acceptors (Lipinski definition) is 4. The highest BCUT2D eigenvalue weighted by Crippen LogP contribution is 2.25. The van der Waals surface area contributed by atoms with Gasteiger partial charge in [0.1, 0.15) is 5.69 Å². The van der Waals surface area contributed by atoms with Crippen molar-refractivity contribution >= 4 is 5.97 Å². The van der Waals surface area contributed by atoms with Gasteiger partial charge in [-0.1, -0.05) is 0 Å². The van der Waals surface area contributed by atoms with Gasteiger partial charge in [-0.05, 0) is 18.6 Å². The lowest BCUT2D eigenvalue weighted by molar-refractivity contribution is 0.0511. The summed E-state index contributed by atoms with van der Waals surface area (Å²) >= 11 is 0. The summed E-state index contributed by atoms with van der Waals surface area (Å²) < 4.78 is 42.9. The van der Waals surface area contributed by atoms with Gasteiger partial charge in [-0.2, -0.15) is 4.39 Å². The number of hydrogen-bond donors (Lipinski definition) is 1. The first kappa shape index (κ1) is 13.4. The SMILES string of the molecule is CCOC(=O)c1c(CN)cc(F)nc1C(F)F. The Morgan fingerprint density at radius 3 is 2.71 bits per heavy atom. The van der Waals surface area contributed by atoms with Crippen molar-refractivity contribution in [2.24, 2.45) is 5.73 Å². The fourth-order valence-corrected chi connectivity index (χ4v) is 1.34. The van der Waals surface area contributed by atoms with Crippen LogP contribution in [0.4, 0.5) is 13.2 Å². The molecule has 17 heavy (non-hydrogen) atoms. The average Bonchev–Trinajstić information content (AvgIpc) is 2.27. The Morgan fingerprint density at radius 2 is 2.24 bits per heavy atom. The Balaban J connectivity index is 3.36. The predicted octanol–water partition coefficient (Wildman–Crippen LogP) is 1.79. The third-order valence-corrected chi connectivity index (χ3v) is 2.00. The molecule has 4 nitrogen and oxygen atoms in total. The molecular formula is C10H11F3N2O2. The van der Waals surface area contributed by atoms with Crippen molar-refractivity contribution in [2.75, 3.05) is 6.61 Å². The first-order chi connectivity index (χ1) is 8.01. The normalized spacial score (nSPS) is 10.7.